The predicted octanol–water partition coefficient (Wildman–Crippen LogP) is -2.95. The third-order valence-electron chi connectivity index (χ3n) is 0.213. The molecule has 0 amide bonds. The Bertz CT molecular complexity index is 120. The van der Waals surface area contributed by atoms with Crippen LogP contribution in [-0.2, 0) is 2.91 Å². The van der Waals surface area contributed by atoms with Crippen LogP contribution in [0.3, 0.4) is 0 Å². The molecule has 56 valence electrons. The minimum atomic E-state index is -7.20. The molecule has 0 aromatic carbocycles. The van der Waals surface area contributed by atoms with Gasteiger partial charge in [-0.1, -0.05) is 0 Å². The summed E-state index contributed by atoms with van der Waals surface area (Å²) >= 11 is -7.20. The van der Waals surface area contributed by atoms with E-state index in [1.807, 2.05) is 0 Å². The van der Waals surface area contributed by atoms with Gasteiger partial charge in [0, 0.05) is 0 Å². The maximum absolute atomic E-state index is 9.22. The summed E-state index contributed by atoms with van der Waals surface area (Å²) < 4.78 is 34.3. The van der Waals surface area contributed by atoms with E-state index in [0.29, 0.717) is 0 Å². The third kappa shape index (κ3) is 7.92. The molecule has 9 heteroatoms. The van der Waals surface area contributed by atoms with Crippen LogP contribution in [-0.4, -0.2) is 38.8 Å². The van der Waals surface area contributed by atoms with Crippen molar-refractivity contribution in [3.8, 4) is 0 Å². The molecule has 0 fully saturated rings. The zero-order valence-electron chi connectivity index (χ0n) is 3.91. The molecule has 0 saturated carbocycles. The van der Waals surface area contributed by atoms with E-state index in [-0.39, 0.29) is 0 Å². The van der Waals surface area contributed by atoms with Crippen molar-refractivity contribution in [1.82, 2.24) is 0 Å². The average molecular weight is 339 g/mol. The zero-order chi connectivity index (χ0) is 7.73. The second kappa shape index (κ2) is 1.96. The van der Waals surface area contributed by atoms with Crippen molar-refractivity contribution in [2.45, 2.75) is 0 Å². The molecular weight excluding hydrogens is 335 g/mol. The zero-order valence-corrected chi connectivity index (χ0v) is 7.39. The molecule has 0 unspecified atom stereocenters. The van der Waals surface area contributed by atoms with E-state index >= 15 is 0 Å². The summed E-state index contributed by atoms with van der Waals surface area (Å²) in [5.74, 6) is 0. The van der Waals surface area contributed by atoms with E-state index in [4.69, 9.17) is 12.7 Å². The van der Waals surface area contributed by atoms with Gasteiger partial charge >= 0.3 is 51.8 Å². The second-order valence-electron chi connectivity index (χ2n) is 1.17. The van der Waals surface area contributed by atoms with Gasteiger partial charge in [0.15, 0.2) is 0 Å². The van der Waals surface area contributed by atoms with Crippen molar-refractivity contribution in [2.24, 2.45) is 0 Å². The summed E-state index contributed by atoms with van der Waals surface area (Å²) in [6.45, 7) is 0. The fourth-order valence-electron chi connectivity index (χ4n) is 0.119. The molecule has 9 heavy (non-hydrogen) atoms. The molecule has 0 aliphatic carbocycles. The fraction of sp³-hybridized carbons (Fsp3) is 0. The molecule has 8 nitrogen and oxygen atoms in total. The van der Waals surface area contributed by atoms with Crippen molar-refractivity contribution >= 4 is 21.0 Å². The van der Waals surface area contributed by atoms with Gasteiger partial charge in [0.1, 0.15) is 0 Å². The summed E-state index contributed by atoms with van der Waals surface area (Å²) in [5, 5.41) is 7.53. The van der Waals surface area contributed by atoms with Gasteiger partial charge in [-0.25, -0.2) is 0 Å². The molecule has 0 saturated heterocycles. The Morgan fingerprint density at radius 3 is 1.67 bits per heavy atom. The van der Waals surface area contributed by atoms with Crippen LogP contribution in [0.2, 0.25) is 0 Å². The van der Waals surface area contributed by atoms with Crippen molar-refractivity contribution < 1.29 is 20.7 Å². The molecule has 0 atom stereocenters. The molecular formula is H4BiNO7. The summed E-state index contributed by atoms with van der Waals surface area (Å²) in [6.07, 6.45) is 0. The number of nitrogens with zero attached hydrogens (tertiary/aromatic N) is 1. The second-order valence-corrected chi connectivity index (χ2v) is 8.52. The normalized spacial score (nSPS) is 15.8. The first-order valence-corrected chi connectivity index (χ1v) is 9.17. The molecule has 0 spiro atoms. The molecule has 0 radical (unpaired) electrons. The summed E-state index contributed by atoms with van der Waals surface area (Å²) in [7, 11) is 0. The molecule has 0 rings (SSSR count). The SMILES string of the molecule is O=[N+]([O-])[O][Bi]([OH])([OH])([OH])[OH]. The standard InChI is InChI=1S/Bi.NO3.4H2O/c;2-1(3)4;;;;/h;;4*1H2/q+5;-1;;;;/p-4. The average Bonchev–Trinajstić information content (AvgIpc) is 1.16. The molecule has 0 heterocycles. The third-order valence-corrected chi connectivity index (χ3v) is 1.87. The van der Waals surface area contributed by atoms with Gasteiger partial charge in [-0.15, -0.1) is 0 Å². The van der Waals surface area contributed by atoms with Gasteiger partial charge in [0.25, 0.3) is 0 Å². The van der Waals surface area contributed by atoms with Crippen molar-refractivity contribution in [2.75, 3.05) is 0 Å². The van der Waals surface area contributed by atoms with Gasteiger partial charge in [0.05, 0.1) is 0 Å². The molecule has 0 aromatic rings. The monoisotopic (exact) mass is 339 g/mol. The number of hydrogen-bond acceptors (Lipinski definition) is 7. The van der Waals surface area contributed by atoms with E-state index in [9.17, 15) is 10.1 Å². The number of rotatable bonds is 2. The van der Waals surface area contributed by atoms with Gasteiger partial charge in [-0.2, -0.15) is 0 Å². The minimum absolute atomic E-state index is 1.69. The first kappa shape index (κ1) is 8.92. The van der Waals surface area contributed by atoms with Crippen LogP contribution in [0.25, 0.3) is 0 Å². The summed E-state index contributed by atoms with van der Waals surface area (Å²) in [4.78, 5) is 9.22. The van der Waals surface area contributed by atoms with Crippen LogP contribution in [0.1, 0.15) is 0 Å². The predicted molar refractivity (Wildman–Crippen MR) is 22.7 cm³/mol. The van der Waals surface area contributed by atoms with Crippen LogP contribution in [0.4, 0.5) is 0 Å². The topological polar surface area (TPSA) is 133 Å². The molecule has 0 aromatic heterocycles. The molecule has 0 aliphatic rings. The van der Waals surface area contributed by atoms with Crippen LogP contribution >= 0.6 is 0 Å². The van der Waals surface area contributed by atoms with E-state index in [0.717, 1.165) is 0 Å². The fourth-order valence-corrected chi connectivity index (χ4v) is 1.05. The molecule has 4 N–H and O–H groups in total. The van der Waals surface area contributed by atoms with Crippen LogP contribution < -0.4 is 0 Å². The van der Waals surface area contributed by atoms with Crippen LogP contribution in [0, 0.1) is 10.1 Å². The summed E-state index contributed by atoms with van der Waals surface area (Å²) in [5.41, 5.74) is 0. The maximum atomic E-state index is 9.22. The van der Waals surface area contributed by atoms with Crippen molar-refractivity contribution in [3.05, 3.63) is 10.1 Å². The Balaban J connectivity index is 4.05. The van der Waals surface area contributed by atoms with Crippen molar-refractivity contribution in [1.29, 1.82) is 0 Å². The van der Waals surface area contributed by atoms with E-state index in [1.54, 1.807) is 0 Å². The first-order chi connectivity index (χ1) is 3.67. The quantitative estimate of drug-likeness (QED) is 0.240. The summed E-state index contributed by atoms with van der Waals surface area (Å²) in [6, 6.07) is 0. The van der Waals surface area contributed by atoms with E-state index in [2.05, 4.69) is 2.91 Å². The number of hydrogen-bond donors (Lipinski definition) is 4. The Morgan fingerprint density at radius 1 is 1.33 bits per heavy atom. The van der Waals surface area contributed by atoms with Gasteiger partial charge in [0.2, 0.25) is 0 Å². The molecule has 0 aliphatic heterocycles. The van der Waals surface area contributed by atoms with Crippen molar-refractivity contribution in [3.63, 3.8) is 0 Å². The van der Waals surface area contributed by atoms with Gasteiger partial charge in [-0.05, 0) is 0 Å². The molecule has 0 bridgehead atoms. The van der Waals surface area contributed by atoms with Crippen LogP contribution in [0.5, 0.6) is 0 Å². The Hall–Kier alpha value is -0.0769. The van der Waals surface area contributed by atoms with E-state index in [1.165, 1.54) is 0 Å². The van der Waals surface area contributed by atoms with Gasteiger partial charge in [-0.3, -0.25) is 0 Å². The Morgan fingerprint density at radius 2 is 1.67 bits per heavy atom. The van der Waals surface area contributed by atoms with E-state index < -0.39 is 26.1 Å². The van der Waals surface area contributed by atoms with Crippen LogP contribution in [0.15, 0.2) is 0 Å². The Labute approximate surface area is 52.3 Å². The Kier molecular flexibility index (Phi) is 1.94. The first-order valence-electron chi connectivity index (χ1n) is 1.53. The van der Waals surface area contributed by atoms with Gasteiger partial charge < -0.3 is 0 Å².